The van der Waals surface area contributed by atoms with Gasteiger partial charge in [0, 0.05) is 4.47 Å². The molecule has 0 amide bonds. The van der Waals surface area contributed by atoms with Crippen molar-refractivity contribution in [3.05, 3.63) is 26.7 Å². The fourth-order valence-electron chi connectivity index (χ4n) is 0.512. The second-order valence-electron chi connectivity index (χ2n) is 1.72. The summed E-state index contributed by atoms with van der Waals surface area (Å²) in [5.74, 6) is 0. The van der Waals surface area contributed by atoms with Crippen LogP contribution < -0.4 is 5.73 Å². The summed E-state index contributed by atoms with van der Waals surface area (Å²) in [6, 6.07) is 2.92. The van der Waals surface area contributed by atoms with Gasteiger partial charge in [-0.3, -0.25) is 0 Å². The summed E-state index contributed by atoms with van der Waals surface area (Å²) in [6.07, 6.45) is 0. The standard InChI is InChI=1S/C6H2BrCl2N/c7-3-1-5(9)6(10)2-4(3)8/h1-2H. The van der Waals surface area contributed by atoms with Crippen molar-refractivity contribution in [3.63, 3.8) is 0 Å². The van der Waals surface area contributed by atoms with Gasteiger partial charge in [0.2, 0.25) is 0 Å². The molecule has 0 spiro atoms. The van der Waals surface area contributed by atoms with Crippen LogP contribution in [0, 0.1) is 0 Å². The van der Waals surface area contributed by atoms with Crippen LogP contribution in [0.3, 0.4) is 0 Å². The van der Waals surface area contributed by atoms with Crippen LogP contribution in [-0.4, -0.2) is 0 Å². The van der Waals surface area contributed by atoms with Crippen molar-refractivity contribution in [3.8, 4) is 0 Å². The minimum absolute atomic E-state index is 0.00475. The molecule has 0 aromatic heterocycles. The van der Waals surface area contributed by atoms with E-state index in [0.717, 1.165) is 0 Å². The molecule has 0 atom stereocenters. The largest absolute Gasteiger partial charge is 0.149 e. The molecule has 0 saturated carbocycles. The first-order valence-electron chi connectivity index (χ1n) is 2.45. The maximum Gasteiger partial charge on any atom is 0.106 e. The lowest BCUT2D eigenvalue weighted by Crippen LogP contribution is -1.74. The Morgan fingerprint density at radius 1 is 1.20 bits per heavy atom. The molecule has 1 rings (SSSR count). The Kier molecular flexibility index (Phi) is 2.45. The normalized spacial score (nSPS) is 9.90. The molecule has 1 aromatic rings. The van der Waals surface area contributed by atoms with Crippen molar-refractivity contribution in [2.75, 3.05) is 0 Å². The van der Waals surface area contributed by atoms with E-state index in [4.69, 9.17) is 28.9 Å². The number of hydrogen-bond donors (Lipinski definition) is 0. The van der Waals surface area contributed by atoms with E-state index in [1.165, 1.54) is 6.07 Å². The molecule has 0 aliphatic heterocycles. The summed E-state index contributed by atoms with van der Waals surface area (Å²) in [5.41, 5.74) is 8.98. The molecule has 0 aliphatic rings. The van der Waals surface area contributed by atoms with Crippen molar-refractivity contribution in [2.24, 2.45) is 0 Å². The average molecular weight is 239 g/mol. The summed E-state index contributed by atoms with van der Waals surface area (Å²) in [7, 11) is 0. The molecule has 4 heteroatoms. The van der Waals surface area contributed by atoms with Crippen LogP contribution in [0.1, 0.15) is 0 Å². The SMILES string of the molecule is [N]c1cc(Cl)c(Br)cc1Cl. The highest BCUT2D eigenvalue weighted by molar-refractivity contribution is 9.10. The summed E-state index contributed by atoms with van der Waals surface area (Å²) >= 11 is 14.3. The van der Waals surface area contributed by atoms with Crippen LogP contribution in [0.5, 0.6) is 0 Å². The van der Waals surface area contributed by atoms with Crippen LogP contribution >= 0.6 is 39.1 Å². The molecular weight excluding hydrogens is 237 g/mol. The number of hydrogen-bond acceptors (Lipinski definition) is 0. The number of nitrogens with zero attached hydrogens (tertiary/aromatic N) is 1. The van der Waals surface area contributed by atoms with E-state index in [0.29, 0.717) is 9.50 Å². The molecule has 0 aliphatic carbocycles. The van der Waals surface area contributed by atoms with E-state index < -0.39 is 0 Å². The summed E-state index contributed by atoms with van der Waals surface area (Å²) in [4.78, 5) is 0. The third kappa shape index (κ3) is 1.57. The molecule has 1 aromatic carbocycles. The van der Waals surface area contributed by atoms with Crippen molar-refractivity contribution in [1.29, 1.82) is 0 Å². The Morgan fingerprint density at radius 3 is 2.30 bits per heavy atom. The predicted octanol–water partition coefficient (Wildman–Crippen LogP) is 3.46. The quantitative estimate of drug-likeness (QED) is 0.618. The zero-order chi connectivity index (χ0) is 7.72. The summed E-state index contributed by atoms with van der Waals surface area (Å²) < 4.78 is 0.678. The maximum absolute atomic E-state index is 8.99. The van der Waals surface area contributed by atoms with Crippen molar-refractivity contribution < 1.29 is 0 Å². The Balaban J connectivity index is 3.28. The van der Waals surface area contributed by atoms with Gasteiger partial charge in [-0.2, -0.15) is 0 Å². The van der Waals surface area contributed by atoms with Crippen molar-refractivity contribution in [1.82, 2.24) is 5.73 Å². The van der Waals surface area contributed by atoms with E-state index in [-0.39, 0.29) is 10.7 Å². The van der Waals surface area contributed by atoms with Gasteiger partial charge < -0.3 is 0 Å². The van der Waals surface area contributed by atoms with Gasteiger partial charge in [0.25, 0.3) is 0 Å². The second-order valence-corrected chi connectivity index (χ2v) is 3.39. The third-order valence-corrected chi connectivity index (χ3v) is 2.49. The van der Waals surface area contributed by atoms with Gasteiger partial charge in [-0.15, -0.1) is 5.73 Å². The fraction of sp³-hybridized carbons (Fsp3) is 0. The van der Waals surface area contributed by atoms with Gasteiger partial charge in [-0.25, -0.2) is 0 Å². The summed E-state index contributed by atoms with van der Waals surface area (Å²) in [5, 5.41) is 0.734. The zero-order valence-electron chi connectivity index (χ0n) is 4.74. The third-order valence-electron chi connectivity index (χ3n) is 0.990. The monoisotopic (exact) mass is 237 g/mol. The highest BCUT2D eigenvalue weighted by Gasteiger charge is 2.02. The maximum atomic E-state index is 8.99. The fourth-order valence-corrected chi connectivity index (χ4v) is 1.31. The van der Waals surface area contributed by atoms with Gasteiger partial charge >= 0.3 is 0 Å². The number of rotatable bonds is 0. The Hall–Kier alpha value is 0.0800. The molecule has 0 N–H and O–H groups in total. The predicted molar refractivity (Wildman–Crippen MR) is 46.0 cm³/mol. The number of benzene rings is 1. The van der Waals surface area contributed by atoms with Gasteiger partial charge in [0.05, 0.1) is 10.0 Å². The zero-order valence-corrected chi connectivity index (χ0v) is 7.83. The molecule has 1 nitrogen and oxygen atoms in total. The number of halogens is 3. The van der Waals surface area contributed by atoms with Gasteiger partial charge in [-0.1, -0.05) is 23.2 Å². The molecule has 2 radical (unpaired) electrons. The highest BCUT2D eigenvalue weighted by Crippen LogP contribution is 2.31. The first-order chi connectivity index (χ1) is 4.61. The van der Waals surface area contributed by atoms with Gasteiger partial charge in [0.15, 0.2) is 0 Å². The molecular formula is C6H2BrCl2N. The highest BCUT2D eigenvalue weighted by atomic mass is 79.9. The van der Waals surface area contributed by atoms with Gasteiger partial charge in [-0.05, 0) is 28.1 Å². The lowest BCUT2D eigenvalue weighted by atomic mass is 10.3. The Bertz CT molecular complexity index is 212. The lowest BCUT2D eigenvalue weighted by molar-refractivity contribution is 1.47. The van der Waals surface area contributed by atoms with Crippen LogP contribution in [-0.2, 0) is 0 Å². The van der Waals surface area contributed by atoms with E-state index in [9.17, 15) is 0 Å². The topological polar surface area (TPSA) is 22.3 Å². The first-order valence-corrected chi connectivity index (χ1v) is 3.99. The van der Waals surface area contributed by atoms with Crippen LogP contribution in [0.2, 0.25) is 10.0 Å². The second kappa shape index (κ2) is 2.99. The van der Waals surface area contributed by atoms with Crippen LogP contribution in [0.15, 0.2) is 16.6 Å². The van der Waals surface area contributed by atoms with E-state index in [1.54, 1.807) is 6.07 Å². The molecule has 0 heterocycles. The smallest absolute Gasteiger partial charge is 0.106 e. The molecule has 52 valence electrons. The molecule has 0 bridgehead atoms. The minimum Gasteiger partial charge on any atom is -0.149 e. The van der Waals surface area contributed by atoms with Gasteiger partial charge in [0.1, 0.15) is 5.69 Å². The molecule has 0 fully saturated rings. The first kappa shape index (κ1) is 8.18. The Labute approximate surface area is 77.2 Å². The average Bonchev–Trinajstić information content (AvgIpc) is 1.84. The van der Waals surface area contributed by atoms with Crippen molar-refractivity contribution >= 4 is 44.8 Å². The van der Waals surface area contributed by atoms with Crippen molar-refractivity contribution in [2.45, 2.75) is 0 Å². The van der Waals surface area contributed by atoms with Crippen LogP contribution in [0.25, 0.3) is 0 Å². The van der Waals surface area contributed by atoms with E-state index in [1.807, 2.05) is 0 Å². The van der Waals surface area contributed by atoms with Crippen LogP contribution in [0.4, 0.5) is 5.69 Å². The lowest BCUT2D eigenvalue weighted by Gasteiger charge is -1.97. The molecule has 0 saturated heterocycles. The molecule has 0 unspecified atom stereocenters. The van der Waals surface area contributed by atoms with E-state index >= 15 is 0 Å². The minimum atomic E-state index is -0.00475. The Morgan fingerprint density at radius 2 is 1.80 bits per heavy atom. The van der Waals surface area contributed by atoms with E-state index in [2.05, 4.69) is 15.9 Å². The molecule has 10 heavy (non-hydrogen) atoms. The summed E-state index contributed by atoms with van der Waals surface area (Å²) in [6.45, 7) is 0.